The highest BCUT2D eigenvalue weighted by molar-refractivity contribution is 5.63. The predicted octanol–water partition coefficient (Wildman–Crippen LogP) is 0.876. The molecule has 2 atom stereocenters. The van der Waals surface area contributed by atoms with Crippen LogP contribution in [0.3, 0.4) is 0 Å². The number of methoxy groups -OCH3 is 1. The molecule has 0 aliphatic carbocycles. The molecule has 0 bridgehead atoms. The molecule has 7 nitrogen and oxygen atoms in total. The van der Waals surface area contributed by atoms with Gasteiger partial charge in [0.2, 0.25) is 0 Å². The molecule has 0 saturated carbocycles. The summed E-state index contributed by atoms with van der Waals surface area (Å²) in [4.78, 5) is 21.7. The van der Waals surface area contributed by atoms with Crippen LogP contribution in [0.2, 0.25) is 0 Å². The summed E-state index contributed by atoms with van der Waals surface area (Å²) >= 11 is 0. The van der Waals surface area contributed by atoms with Crippen LogP contribution in [0.4, 0.5) is 9.59 Å². The second-order valence-corrected chi connectivity index (χ2v) is 3.15. The van der Waals surface area contributed by atoms with Gasteiger partial charge in [0, 0.05) is 0 Å². The zero-order valence-electron chi connectivity index (χ0n) is 9.42. The van der Waals surface area contributed by atoms with Gasteiger partial charge in [0.15, 0.2) is 12.2 Å². The highest BCUT2D eigenvalue weighted by atomic mass is 16.8. The van der Waals surface area contributed by atoms with Crippen LogP contribution in [-0.4, -0.2) is 51.4 Å². The Labute approximate surface area is 98.2 Å². The number of cyclic esters (lactones) is 2. The molecular formula is C10H14O7. The average Bonchev–Trinajstić information content (AvgIpc) is 2.67. The molecule has 1 aliphatic rings. The van der Waals surface area contributed by atoms with Gasteiger partial charge < -0.3 is 23.7 Å². The van der Waals surface area contributed by atoms with Crippen LogP contribution in [0.15, 0.2) is 12.7 Å². The van der Waals surface area contributed by atoms with Crippen molar-refractivity contribution in [3.05, 3.63) is 12.7 Å². The lowest BCUT2D eigenvalue weighted by molar-refractivity contribution is 0.00323. The molecule has 0 radical (unpaired) electrons. The summed E-state index contributed by atoms with van der Waals surface area (Å²) in [5.74, 6) is 0. The maximum Gasteiger partial charge on any atom is 0.509 e. The summed E-state index contributed by atoms with van der Waals surface area (Å²) in [6, 6.07) is 0. The molecular weight excluding hydrogens is 232 g/mol. The van der Waals surface area contributed by atoms with Crippen LogP contribution in [0.5, 0.6) is 0 Å². The van der Waals surface area contributed by atoms with Crippen molar-refractivity contribution >= 4 is 12.3 Å². The van der Waals surface area contributed by atoms with Crippen LogP contribution in [-0.2, 0) is 23.7 Å². The zero-order chi connectivity index (χ0) is 12.7. The van der Waals surface area contributed by atoms with Crippen LogP contribution >= 0.6 is 0 Å². The largest absolute Gasteiger partial charge is 0.509 e. The zero-order valence-corrected chi connectivity index (χ0v) is 9.42. The minimum Gasteiger partial charge on any atom is -0.438 e. The predicted molar refractivity (Wildman–Crippen MR) is 54.5 cm³/mol. The Kier molecular flexibility index (Phi) is 5.28. The van der Waals surface area contributed by atoms with E-state index in [1.807, 2.05) is 0 Å². The number of rotatable bonds is 6. The monoisotopic (exact) mass is 246 g/mol. The van der Waals surface area contributed by atoms with Crippen LogP contribution < -0.4 is 0 Å². The molecule has 2 unspecified atom stereocenters. The van der Waals surface area contributed by atoms with Crippen LogP contribution in [0.1, 0.15) is 0 Å². The van der Waals surface area contributed by atoms with Crippen molar-refractivity contribution in [2.45, 2.75) is 12.2 Å². The summed E-state index contributed by atoms with van der Waals surface area (Å²) in [6.45, 7) is 3.82. The van der Waals surface area contributed by atoms with Crippen LogP contribution in [0, 0.1) is 0 Å². The van der Waals surface area contributed by atoms with Gasteiger partial charge in [-0.05, 0) is 0 Å². The van der Waals surface area contributed by atoms with E-state index < -0.39 is 24.5 Å². The Bertz CT molecular complexity index is 288. The van der Waals surface area contributed by atoms with Crippen molar-refractivity contribution in [1.29, 1.82) is 0 Å². The molecule has 7 heteroatoms. The van der Waals surface area contributed by atoms with E-state index in [2.05, 4.69) is 16.1 Å². The summed E-state index contributed by atoms with van der Waals surface area (Å²) in [6.07, 6.45) is -1.38. The smallest absolute Gasteiger partial charge is 0.438 e. The van der Waals surface area contributed by atoms with Crippen molar-refractivity contribution in [2.24, 2.45) is 0 Å². The summed E-state index contributed by atoms with van der Waals surface area (Å²) < 4.78 is 23.7. The van der Waals surface area contributed by atoms with Gasteiger partial charge in [0.1, 0.15) is 6.61 Å². The van der Waals surface area contributed by atoms with Crippen molar-refractivity contribution in [2.75, 3.05) is 26.9 Å². The molecule has 1 fully saturated rings. The molecule has 0 aromatic carbocycles. The molecule has 0 N–H and O–H groups in total. The summed E-state index contributed by atoms with van der Waals surface area (Å²) in [5.41, 5.74) is 0. The third-order valence-electron chi connectivity index (χ3n) is 1.96. The first-order valence-corrected chi connectivity index (χ1v) is 4.94. The van der Waals surface area contributed by atoms with Crippen molar-refractivity contribution in [3.63, 3.8) is 0 Å². The van der Waals surface area contributed by atoms with E-state index in [0.717, 1.165) is 0 Å². The number of ether oxygens (including phenoxy) is 5. The van der Waals surface area contributed by atoms with E-state index in [-0.39, 0.29) is 13.2 Å². The topological polar surface area (TPSA) is 80.3 Å². The van der Waals surface area contributed by atoms with Crippen molar-refractivity contribution in [1.82, 2.24) is 0 Å². The molecule has 0 aromatic rings. The molecule has 0 amide bonds. The van der Waals surface area contributed by atoms with Gasteiger partial charge in [-0.25, -0.2) is 9.59 Å². The minimum atomic E-state index is -0.848. The molecule has 1 heterocycles. The van der Waals surface area contributed by atoms with E-state index in [1.165, 1.54) is 7.11 Å². The number of carbonyl (C=O) groups excluding carboxylic acids is 2. The Morgan fingerprint density at radius 1 is 1.41 bits per heavy atom. The van der Waals surface area contributed by atoms with Gasteiger partial charge in [0.05, 0.1) is 20.3 Å². The SMILES string of the molecule is C=CCOCC1OC(=O)OC1COC(=O)OC. The van der Waals surface area contributed by atoms with Crippen LogP contribution in [0.25, 0.3) is 0 Å². The molecule has 1 saturated heterocycles. The van der Waals surface area contributed by atoms with E-state index in [0.29, 0.717) is 6.61 Å². The standard InChI is InChI=1S/C10H14O7/c1-3-4-14-5-7-8(17-10(12)16-7)6-15-9(11)13-2/h3,7-8H,1,4-6H2,2H3. The van der Waals surface area contributed by atoms with Gasteiger partial charge in [-0.15, -0.1) is 6.58 Å². The first kappa shape index (κ1) is 13.3. The maximum atomic E-state index is 10.9. The number of carbonyl (C=O) groups is 2. The molecule has 0 aromatic heterocycles. The van der Waals surface area contributed by atoms with Crippen molar-refractivity contribution < 1.29 is 33.3 Å². The summed E-state index contributed by atoms with van der Waals surface area (Å²) in [7, 11) is 1.18. The lowest BCUT2D eigenvalue weighted by atomic mass is 10.2. The first-order valence-electron chi connectivity index (χ1n) is 4.94. The van der Waals surface area contributed by atoms with E-state index in [9.17, 15) is 9.59 Å². The van der Waals surface area contributed by atoms with E-state index in [4.69, 9.17) is 14.2 Å². The van der Waals surface area contributed by atoms with E-state index >= 15 is 0 Å². The van der Waals surface area contributed by atoms with Gasteiger partial charge in [-0.1, -0.05) is 6.08 Å². The Balaban J connectivity index is 2.36. The second-order valence-electron chi connectivity index (χ2n) is 3.15. The lowest BCUT2D eigenvalue weighted by Crippen LogP contribution is -2.32. The molecule has 1 rings (SSSR count). The fourth-order valence-electron chi connectivity index (χ4n) is 1.19. The lowest BCUT2D eigenvalue weighted by Gasteiger charge is -2.14. The fraction of sp³-hybridized carbons (Fsp3) is 0.600. The first-order chi connectivity index (χ1) is 8.17. The number of hydrogen-bond acceptors (Lipinski definition) is 7. The Hall–Kier alpha value is -1.76. The highest BCUT2D eigenvalue weighted by Crippen LogP contribution is 2.16. The second kappa shape index (κ2) is 6.74. The van der Waals surface area contributed by atoms with Gasteiger partial charge >= 0.3 is 12.3 Å². The fourth-order valence-corrected chi connectivity index (χ4v) is 1.19. The molecule has 0 spiro atoms. The number of hydrogen-bond donors (Lipinski definition) is 0. The van der Waals surface area contributed by atoms with E-state index in [1.54, 1.807) is 6.08 Å². The van der Waals surface area contributed by atoms with Gasteiger partial charge in [-0.3, -0.25) is 0 Å². The molecule has 17 heavy (non-hydrogen) atoms. The Morgan fingerprint density at radius 2 is 2.06 bits per heavy atom. The van der Waals surface area contributed by atoms with Gasteiger partial charge in [-0.2, -0.15) is 0 Å². The quantitative estimate of drug-likeness (QED) is 0.391. The third-order valence-corrected chi connectivity index (χ3v) is 1.96. The summed E-state index contributed by atoms with van der Waals surface area (Å²) in [5, 5.41) is 0. The van der Waals surface area contributed by atoms with Gasteiger partial charge in [0.25, 0.3) is 0 Å². The van der Waals surface area contributed by atoms with Crippen molar-refractivity contribution in [3.8, 4) is 0 Å². The maximum absolute atomic E-state index is 10.9. The third kappa shape index (κ3) is 4.31. The Morgan fingerprint density at radius 3 is 2.65 bits per heavy atom. The highest BCUT2D eigenvalue weighted by Gasteiger charge is 2.37. The molecule has 96 valence electrons. The average molecular weight is 246 g/mol. The molecule has 1 aliphatic heterocycles. The normalized spacial score (nSPS) is 22.5. The minimum absolute atomic E-state index is 0.138.